The number of pyridine rings is 1. The van der Waals surface area contributed by atoms with Crippen LogP contribution >= 0.6 is 15.9 Å². The fraction of sp³-hybridized carbons (Fsp3) is 0.190. The van der Waals surface area contributed by atoms with E-state index in [9.17, 15) is 9.50 Å². The molecule has 0 amide bonds. The lowest BCUT2D eigenvalue weighted by Crippen LogP contribution is -2.37. The van der Waals surface area contributed by atoms with Crippen LogP contribution < -0.4 is 0 Å². The predicted octanol–water partition coefficient (Wildman–Crippen LogP) is 4.42. The zero-order chi connectivity index (χ0) is 19.7. The summed E-state index contributed by atoms with van der Waals surface area (Å²) < 4.78 is 16.0. The molecule has 7 heteroatoms. The first-order valence-electron chi connectivity index (χ1n) is 8.83. The van der Waals surface area contributed by atoms with Crippen LogP contribution in [0.1, 0.15) is 24.1 Å². The molecule has 28 heavy (non-hydrogen) atoms. The average molecular weight is 441 g/mol. The van der Waals surface area contributed by atoms with Crippen LogP contribution in [0.5, 0.6) is 0 Å². The van der Waals surface area contributed by atoms with E-state index in [1.54, 1.807) is 23.1 Å². The highest BCUT2D eigenvalue weighted by Gasteiger charge is 2.38. The molecule has 2 aromatic carbocycles. The minimum absolute atomic E-state index is 0.167. The molecule has 2 unspecified atom stereocenters. The van der Waals surface area contributed by atoms with Gasteiger partial charge in [0.2, 0.25) is 0 Å². The number of fused-ring (bicyclic) bond motifs is 1. The fourth-order valence-electron chi connectivity index (χ4n) is 3.38. The number of aromatic nitrogens is 4. The van der Waals surface area contributed by atoms with E-state index in [1.807, 2.05) is 37.3 Å². The van der Waals surface area contributed by atoms with Crippen molar-refractivity contribution in [1.82, 2.24) is 19.7 Å². The summed E-state index contributed by atoms with van der Waals surface area (Å²) in [5.41, 5.74) is 0.823. The van der Waals surface area contributed by atoms with Crippen LogP contribution in [0.2, 0.25) is 0 Å². The van der Waals surface area contributed by atoms with Gasteiger partial charge < -0.3 is 5.11 Å². The minimum Gasteiger partial charge on any atom is -0.383 e. The van der Waals surface area contributed by atoms with Crippen LogP contribution in [-0.2, 0) is 12.1 Å². The molecule has 0 aliphatic carbocycles. The maximum absolute atomic E-state index is 13.5. The number of nitrogens with zero attached hydrogens (tertiary/aromatic N) is 4. The van der Waals surface area contributed by atoms with Gasteiger partial charge in [-0.1, -0.05) is 41.1 Å². The second-order valence-electron chi connectivity index (χ2n) is 6.82. The van der Waals surface area contributed by atoms with E-state index in [1.165, 1.54) is 18.5 Å². The number of benzene rings is 2. The molecule has 2 heterocycles. The lowest BCUT2D eigenvalue weighted by Gasteiger charge is -2.34. The Morgan fingerprint density at radius 1 is 1.14 bits per heavy atom. The number of hydrogen-bond donors (Lipinski definition) is 1. The summed E-state index contributed by atoms with van der Waals surface area (Å²) in [6.45, 7) is 2.08. The SMILES string of the molecule is CC(c1ccc2cc(Br)ccc2n1)C(O)(Cn1cncn1)c1ccc(F)cc1. The molecule has 5 nitrogen and oxygen atoms in total. The summed E-state index contributed by atoms with van der Waals surface area (Å²) in [4.78, 5) is 8.71. The Bertz CT molecular complexity index is 1100. The zero-order valence-corrected chi connectivity index (χ0v) is 16.7. The highest BCUT2D eigenvalue weighted by Crippen LogP contribution is 2.38. The van der Waals surface area contributed by atoms with Gasteiger partial charge in [0, 0.05) is 21.5 Å². The molecule has 2 aromatic heterocycles. The average Bonchev–Trinajstić information content (AvgIpc) is 3.20. The van der Waals surface area contributed by atoms with Crippen LogP contribution in [0.4, 0.5) is 4.39 Å². The van der Waals surface area contributed by atoms with Gasteiger partial charge >= 0.3 is 0 Å². The van der Waals surface area contributed by atoms with Crippen molar-refractivity contribution in [3.05, 3.63) is 88.8 Å². The Hall–Kier alpha value is -2.64. The highest BCUT2D eigenvalue weighted by atomic mass is 79.9. The molecule has 4 aromatic rings. The molecule has 0 bridgehead atoms. The van der Waals surface area contributed by atoms with Crippen LogP contribution in [0, 0.1) is 5.82 Å². The largest absolute Gasteiger partial charge is 0.383 e. The third-order valence-electron chi connectivity index (χ3n) is 5.05. The molecular formula is C21H18BrFN4O. The Morgan fingerprint density at radius 3 is 2.64 bits per heavy atom. The van der Waals surface area contributed by atoms with Crippen molar-refractivity contribution in [2.24, 2.45) is 0 Å². The van der Waals surface area contributed by atoms with Crippen molar-refractivity contribution in [2.45, 2.75) is 25.0 Å². The molecule has 0 aliphatic rings. The van der Waals surface area contributed by atoms with Crippen molar-refractivity contribution in [3.8, 4) is 0 Å². The standard InChI is InChI=1S/C21H18BrFN4O/c1-14(19-8-2-15-10-17(22)5-9-20(15)26-19)21(28,11-27-13-24-12-25-27)16-3-6-18(23)7-4-16/h2-10,12-14,28H,11H2,1H3. The third kappa shape index (κ3) is 3.55. The first-order chi connectivity index (χ1) is 13.5. The summed E-state index contributed by atoms with van der Waals surface area (Å²) in [6, 6.07) is 15.7. The van der Waals surface area contributed by atoms with Crippen molar-refractivity contribution >= 4 is 26.8 Å². The van der Waals surface area contributed by atoms with Crippen LogP contribution in [0.15, 0.2) is 71.7 Å². The molecule has 2 atom stereocenters. The van der Waals surface area contributed by atoms with E-state index in [2.05, 4.69) is 26.0 Å². The van der Waals surface area contributed by atoms with Crippen molar-refractivity contribution in [1.29, 1.82) is 0 Å². The van der Waals surface area contributed by atoms with Crippen LogP contribution in [-0.4, -0.2) is 24.9 Å². The van der Waals surface area contributed by atoms with E-state index < -0.39 is 5.60 Å². The number of hydrogen-bond acceptors (Lipinski definition) is 4. The molecular weight excluding hydrogens is 423 g/mol. The van der Waals surface area contributed by atoms with Crippen molar-refractivity contribution in [3.63, 3.8) is 0 Å². The Balaban J connectivity index is 1.78. The van der Waals surface area contributed by atoms with Crippen LogP contribution in [0.3, 0.4) is 0 Å². The van der Waals surface area contributed by atoms with Crippen LogP contribution in [0.25, 0.3) is 10.9 Å². The summed E-state index contributed by atoms with van der Waals surface area (Å²) in [7, 11) is 0. The summed E-state index contributed by atoms with van der Waals surface area (Å²) in [6.07, 6.45) is 2.97. The first-order valence-corrected chi connectivity index (χ1v) is 9.62. The number of rotatable bonds is 5. The maximum Gasteiger partial charge on any atom is 0.137 e. The molecule has 142 valence electrons. The van der Waals surface area contributed by atoms with Gasteiger partial charge in [0.15, 0.2) is 0 Å². The molecule has 0 aliphatic heterocycles. The van der Waals surface area contributed by atoms with Gasteiger partial charge in [-0.2, -0.15) is 5.10 Å². The second kappa shape index (κ2) is 7.41. The molecule has 0 spiro atoms. The highest BCUT2D eigenvalue weighted by molar-refractivity contribution is 9.10. The minimum atomic E-state index is -1.35. The Morgan fingerprint density at radius 2 is 1.93 bits per heavy atom. The predicted molar refractivity (Wildman–Crippen MR) is 108 cm³/mol. The van der Waals surface area contributed by atoms with Gasteiger partial charge in [0.05, 0.1) is 12.1 Å². The van der Waals surface area contributed by atoms with E-state index in [4.69, 9.17) is 4.98 Å². The topological polar surface area (TPSA) is 63.8 Å². The van der Waals surface area contributed by atoms with Gasteiger partial charge in [-0.05, 0) is 42.0 Å². The van der Waals surface area contributed by atoms with E-state index >= 15 is 0 Å². The quantitative estimate of drug-likeness (QED) is 0.498. The van der Waals surface area contributed by atoms with Gasteiger partial charge in [-0.15, -0.1) is 0 Å². The van der Waals surface area contributed by atoms with Crippen molar-refractivity contribution in [2.75, 3.05) is 0 Å². The lowest BCUT2D eigenvalue weighted by molar-refractivity contribution is -0.00909. The molecule has 0 saturated carbocycles. The lowest BCUT2D eigenvalue weighted by atomic mass is 9.80. The van der Waals surface area contributed by atoms with E-state index in [0.717, 1.165) is 21.1 Å². The van der Waals surface area contributed by atoms with Gasteiger partial charge in [-0.25, -0.2) is 14.1 Å². The second-order valence-corrected chi connectivity index (χ2v) is 7.73. The van der Waals surface area contributed by atoms with E-state index in [-0.39, 0.29) is 18.3 Å². The molecule has 1 N–H and O–H groups in total. The number of halogens is 2. The zero-order valence-electron chi connectivity index (χ0n) is 15.1. The first kappa shape index (κ1) is 18.7. The number of aliphatic hydroxyl groups is 1. The van der Waals surface area contributed by atoms with Crippen molar-refractivity contribution < 1.29 is 9.50 Å². The monoisotopic (exact) mass is 440 g/mol. The van der Waals surface area contributed by atoms with Gasteiger partial charge in [0.25, 0.3) is 0 Å². The van der Waals surface area contributed by atoms with Gasteiger partial charge in [-0.3, -0.25) is 4.98 Å². The third-order valence-corrected chi connectivity index (χ3v) is 5.54. The maximum atomic E-state index is 13.5. The summed E-state index contributed by atoms with van der Waals surface area (Å²) in [5, 5.41) is 16.9. The summed E-state index contributed by atoms with van der Waals surface area (Å²) in [5.74, 6) is -0.732. The van der Waals surface area contributed by atoms with Gasteiger partial charge in [0.1, 0.15) is 24.1 Å². The normalized spacial score (nSPS) is 14.7. The molecule has 0 fully saturated rings. The Kier molecular flexibility index (Phi) is 4.95. The summed E-state index contributed by atoms with van der Waals surface area (Å²) >= 11 is 3.47. The fourth-order valence-corrected chi connectivity index (χ4v) is 3.75. The molecule has 0 saturated heterocycles. The molecule has 4 rings (SSSR count). The molecule has 0 radical (unpaired) electrons. The smallest absolute Gasteiger partial charge is 0.137 e. The van der Waals surface area contributed by atoms with E-state index in [0.29, 0.717) is 5.56 Å². The Labute approximate surface area is 170 Å².